The molecule has 0 aliphatic carbocycles. The van der Waals surface area contributed by atoms with E-state index in [0.717, 1.165) is 42.0 Å². The number of nitrogens with one attached hydrogen (secondary N) is 1. The molecular weight excluding hydrogens is 218 g/mol. The number of aromatic nitrogens is 2. The number of nitrogens with zero attached hydrogens (tertiary/aromatic N) is 2. The number of rotatable bonds is 1. The predicted octanol–water partition coefficient (Wildman–Crippen LogP) is 1.23. The van der Waals surface area contributed by atoms with Crippen LogP contribution in [0.2, 0.25) is 0 Å². The maximum Gasteiger partial charge on any atom is 0.248 e. The van der Waals surface area contributed by atoms with Crippen molar-refractivity contribution >= 4 is 5.69 Å². The van der Waals surface area contributed by atoms with E-state index in [0.29, 0.717) is 0 Å². The molecule has 0 unspecified atom stereocenters. The van der Waals surface area contributed by atoms with Gasteiger partial charge in [0.25, 0.3) is 0 Å². The van der Waals surface area contributed by atoms with E-state index < -0.39 is 0 Å². The van der Waals surface area contributed by atoms with E-state index in [2.05, 4.69) is 15.0 Å². The van der Waals surface area contributed by atoms with E-state index in [1.807, 2.05) is 6.92 Å². The van der Waals surface area contributed by atoms with E-state index in [1.54, 1.807) is 18.5 Å². The van der Waals surface area contributed by atoms with E-state index >= 15 is 0 Å². The lowest BCUT2D eigenvalue weighted by Gasteiger charge is -2.29. The Bertz CT molecular complexity index is 600. The van der Waals surface area contributed by atoms with Gasteiger partial charge in [0.15, 0.2) is 0 Å². The van der Waals surface area contributed by atoms with Crippen LogP contribution in [0.15, 0.2) is 27.8 Å². The van der Waals surface area contributed by atoms with Crippen molar-refractivity contribution in [3.8, 4) is 0 Å². The summed E-state index contributed by atoms with van der Waals surface area (Å²) in [5, 5.41) is 3.89. The first-order valence-electron chi connectivity index (χ1n) is 5.60. The number of anilines is 1. The highest BCUT2D eigenvalue weighted by molar-refractivity contribution is 5.50. The third-order valence-corrected chi connectivity index (χ3v) is 3.18. The Morgan fingerprint density at radius 2 is 2.35 bits per heavy atom. The largest absolute Gasteiger partial charge is 0.363 e. The van der Waals surface area contributed by atoms with Gasteiger partial charge in [0, 0.05) is 25.4 Å². The monoisotopic (exact) mass is 231 g/mol. The Kier molecular flexibility index (Phi) is 2.24. The zero-order valence-electron chi connectivity index (χ0n) is 9.56. The van der Waals surface area contributed by atoms with Crippen molar-refractivity contribution in [3.05, 3.63) is 45.7 Å². The zero-order valence-corrected chi connectivity index (χ0v) is 9.56. The van der Waals surface area contributed by atoms with Gasteiger partial charge < -0.3 is 14.4 Å². The van der Waals surface area contributed by atoms with Gasteiger partial charge in [-0.3, -0.25) is 4.79 Å². The highest BCUT2D eigenvalue weighted by atomic mass is 16.5. The highest BCUT2D eigenvalue weighted by Crippen LogP contribution is 2.25. The van der Waals surface area contributed by atoms with Crippen LogP contribution in [0.4, 0.5) is 5.69 Å². The molecule has 2 aromatic rings. The summed E-state index contributed by atoms with van der Waals surface area (Å²) in [6, 6.07) is 1.69. The van der Waals surface area contributed by atoms with Gasteiger partial charge in [-0.15, -0.1) is 0 Å². The van der Waals surface area contributed by atoms with Gasteiger partial charge in [0.2, 0.25) is 5.56 Å². The fraction of sp³-hybridized carbons (Fsp3) is 0.333. The van der Waals surface area contributed by atoms with Crippen LogP contribution in [0.25, 0.3) is 0 Å². The molecule has 1 aliphatic rings. The molecule has 0 saturated carbocycles. The molecule has 0 spiro atoms. The molecule has 0 atom stereocenters. The van der Waals surface area contributed by atoms with Crippen molar-refractivity contribution in [2.24, 2.45) is 0 Å². The van der Waals surface area contributed by atoms with Gasteiger partial charge in [-0.05, 0) is 24.5 Å². The van der Waals surface area contributed by atoms with Crippen LogP contribution in [0.5, 0.6) is 0 Å². The molecule has 0 amide bonds. The molecule has 0 radical (unpaired) electrons. The molecule has 17 heavy (non-hydrogen) atoms. The number of aromatic amines is 1. The Hall–Kier alpha value is -2.04. The van der Waals surface area contributed by atoms with Crippen molar-refractivity contribution < 1.29 is 4.52 Å². The van der Waals surface area contributed by atoms with Gasteiger partial charge in [-0.25, -0.2) is 0 Å². The number of hydrogen-bond donors (Lipinski definition) is 1. The van der Waals surface area contributed by atoms with Gasteiger partial charge >= 0.3 is 0 Å². The molecule has 0 aromatic carbocycles. The molecule has 5 nitrogen and oxygen atoms in total. The summed E-state index contributed by atoms with van der Waals surface area (Å²) in [4.78, 5) is 16.1. The lowest BCUT2D eigenvalue weighted by molar-refractivity contribution is 0.415. The summed E-state index contributed by atoms with van der Waals surface area (Å²) in [5.41, 5.74) is 4.20. The Morgan fingerprint density at radius 1 is 1.47 bits per heavy atom. The second-order valence-corrected chi connectivity index (χ2v) is 4.30. The van der Waals surface area contributed by atoms with Crippen LogP contribution < -0.4 is 10.5 Å². The topological polar surface area (TPSA) is 62.1 Å². The van der Waals surface area contributed by atoms with Gasteiger partial charge in [0.05, 0.1) is 0 Å². The zero-order chi connectivity index (χ0) is 11.8. The summed E-state index contributed by atoms with van der Waals surface area (Å²) in [6.45, 7) is 3.61. The van der Waals surface area contributed by atoms with Gasteiger partial charge in [-0.1, -0.05) is 5.16 Å². The number of hydrogen-bond acceptors (Lipinski definition) is 4. The van der Waals surface area contributed by atoms with Crippen LogP contribution >= 0.6 is 0 Å². The summed E-state index contributed by atoms with van der Waals surface area (Å²) in [7, 11) is 0. The highest BCUT2D eigenvalue weighted by Gasteiger charge is 2.19. The van der Waals surface area contributed by atoms with Crippen molar-refractivity contribution in [2.75, 3.05) is 11.4 Å². The first-order valence-corrected chi connectivity index (χ1v) is 5.60. The maximum atomic E-state index is 11.2. The van der Waals surface area contributed by atoms with Crippen molar-refractivity contribution in [1.82, 2.24) is 10.1 Å². The van der Waals surface area contributed by atoms with Crippen LogP contribution in [0.1, 0.15) is 16.8 Å². The lowest BCUT2D eigenvalue weighted by atomic mass is 10.0. The summed E-state index contributed by atoms with van der Waals surface area (Å²) >= 11 is 0. The third-order valence-electron chi connectivity index (χ3n) is 3.18. The standard InChI is InChI=1S/C12H13N3O2/c1-8-11(7-17-14-8)15-3-2-9-4-12(16)13-5-10(9)6-15/h4-5,7H,2-3,6H2,1H3,(H,13,16). The smallest absolute Gasteiger partial charge is 0.248 e. The fourth-order valence-corrected chi connectivity index (χ4v) is 2.26. The van der Waals surface area contributed by atoms with Crippen LogP contribution in [-0.2, 0) is 13.0 Å². The second-order valence-electron chi connectivity index (χ2n) is 4.30. The quantitative estimate of drug-likeness (QED) is 0.802. The number of fused-ring (bicyclic) bond motifs is 1. The van der Waals surface area contributed by atoms with E-state index in [1.165, 1.54) is 0 Å². The van der Waals surface area contributed by atoms with Gasteiger partial charge in [0.1, 0.15) is 17.6 Å². The molecule has 1 N–H and O–H groups in total. The van der Waals surface area contributed by atoms with Crippen molar-refractivity contribution in [2.45, 2.75) is 19.9 Å². The second kappa shape index (κ2) is 3.76. The molecular formula is C12H13N3O2. The summed E-state index contributed by atoms with van der Waals surface area (Å²) in [5.74, 6) is 0. The van der Waals surface area contributed by atoms with E-state index in [9.17, 15) is 4.79 Å². The maximum absolute atomic E-state index is 11.2. The fourth-order valence-electron chi connectivity index (χ4n) is 2.26. The molecule has 3 heterocycles. The average Bonchev–Trinajstić information content (AvgIpc) is 2.75. The van der Waals surface area contributed by atoms with E-state index in [-0.39, 0.29) is 5.56 Å². The minimum absolute atomic E-state index is 0.0293. The Balaban J connectivity index is 1.93. The third kappa shape index (κ3) is 1.73. The number of pyridine rings is 1. The Morgan fingerprint density at radius 3 is 3.12 bits per heavy atom. The van der Waals surface area contributed by atoms with Gasteiger partial charge in [-0.2, -0.15) is 0 Å². The lowest BCUT2D eigenvalue weighted by Crippen LogP contribution is -2.31. The van der Waals surface area contributed by atoms with Crippen molar-refractivity contribution in [1.29, 1.82) is 0 Å². The summed E-state index contributed by atoms with van der Waals surface area (Å²) < 4.78 is 4.96. The van der Waals surface area contributed by atoms with Crippen LogP contribution in [0.3, 0.4) is 0 Å². The van der Waals surface area contributed by atoms with Crippen LogP contribution in [-0.4, -0.2) is 16.7 Å². The minimum Gasteiger partial charge on any atom is -0.363 e. The molecule has 5 heteroatoms. The molecule has 1 aliphatic heterocycles. The summed E-state index contributed by atoms with van der Waals surface area (Å²) in [6.07, 6.45) is 4.35. The first kappa shape index (κ1) is 10.1. The minimum atomic E-state index is -0.0293. The molecule has 0 bridgehead atoms. The normalized spacial score (nSPS) is 14.8. The number of H-pyrrole nitrogens is 1. The molecule has 0 fully saturated rings. The molecule has 88 valence electrons. The predicted molar refractivity (Wildman–Crippen MR) is 63.1 cm³/mol. The van der Waals surface area contributed by atoms with Crippen LogP contribution in [0, 0.1) is 6.92 Å². The SMILES string of the molecule is Cc1nocc1N1CCc2cc(=O)[nH]cc2C1. The number of aryl methyl sites for hydroxylation is 1. The molecule has 3 rings (SSSR count). The van der Waals surface area contributed by atoms with Crippen molar-refractivity contribution in [3.63, 3.8) is 0 Å². The first-order chi connectivity index (χ1) is 8.24. The average molecular weight is 231 g/mol. The molecule has 0 saturated heterocycles. The van der Waals surface area contributed by atoms with E-state index in [4.69, 9.17) is 4.52 Å². The molecule has 2 aromatic heterocycles. The Labute approximate surface area is 98.0 Å².